The summed E-state index contributed by atoms with van der Waals surface area (Å²) in [4.78, 5) is 2.28. The maximum atomic E-state index is 9.15. The Labute approximate surface area is 120 Å². The number of nitriles is 1. The summed E-state index contributed by atoms with van der Waals surface area (Å²) in [6, 6.07) is 17.9. The van der Waals surface area contributed by atoms with Gasteiger partial charge in [-0.05, 0) is 29.8 Å². The van der Waals surface area contributed by atoms with Crippen molar-refractivity contribution in [2.24, 2.45) is 0 Å². The average Bonchev–Trinajstić information content (AvgIpc) is 2.49. The Hall–Kier alpha value is -2.31. The van der Waals surface area contributed by atoms with Gasteiger partial charge in [-0.3, -0.25) is 4.90 Å². The third-order valence-electron chi connectivity index (χ3n) is 3.43. The highest BCUT2D eigenvalue weighted by atomic mass is 15.1. The molecule has 0 amide bonds. The summed E-state index contributed by atoms with van der Waals surface area (Å²) in [5.41, 5.74) is 9.75. The molecule has 0 aromatic heterocycles. The highest BCUT2D eigenvalue weighted by Crippen LogP contribution is 2.16. The average molecular weight is 265 g/mol. The molecule has 0 heterocycles. The van der Waals surface area contributed by atoms with Crippen LogP contribution in [-0.2, 0) is 13.1 Å². The van der Waals surface area contributed by atoms with E-state index in [4.69, 9.17) is 11.0 Å². The lowest BCUT2D eigenvalue weighted by Gasteiger charge is -2.22. The zero-order valence-electron chi connectivity index (χ0n) is 11.7. The van der Waals surface area contributed by atoms with Crippen molar-refractivity contribution in [2.45, 2.75) is 20.0 Å². The lowest BCUT2D eigenvalue weighted by molar-refractivity contribution is 0.271. The van der Waals surface area contributed by atoms with Crippen LogP contribution in [0.4, 0.5) is 5.69 Å². The third-order valence-corrected chi connectivity index (χ3v) is 3.43. The van der Waals surface area contributed by atoms with E-state index in [2.05, 4.69) is 17.9 Å². The highest BCUT2D eigenvalue weighted by molar-refractivity contribution is 5.46. The highest BCUT2D eigenvalue weighted by Gasteiger charge is 2.09. The van der Waals surface area contributed by atoms with Crippen molar-refractivity contribution in [1.29, 1.82) is 5.26 Å². The van der Waals surface area contributed by atoms with Crippen molar-refractivity contribution >= 4 is 5.69 Å². The Morgan fingerprint density at radius 3 is 2.25 bits per heavy atom. The van der Waals surface area contributed by atoms with Gasteiger partial charge in [-0.2, -0.15) is 5.26 Å². The first-order valence-corrected chi connectivity index (χ1v) is 6.78. The monoisotopic (exact) mass is 265 g/mol. The van der Waals surface area contributed by atoms with Gasteiger partial charge < -0.3 is 5.73 Å². The van der Waals surface area contributed by atoms with E-state index >= 15 is 0 Å². The van der Waals surface area contributed by atoms with Gasteiger partial charge >= 0.3 is 0 Å². The van der Waals surface area contributed by atoms with Crippen molar-refractivity contribution in [2.75, 3.05) is 12.3 Å². The van der Waals surface area contributed by atoms with Crippen LogP contribution in [0.5, 0.6) is 0 Å². The Bertz CT molecular complexity index is 614. The zero-order valence-corrected chi connectivity index (χ0v) is 11.7. The lowest BCUT2D eigenvalue weighted by atomic mass is 10.1. The van der Waals surface area contributed by atoms with Crippen LogP contribution < -0.4 is 5.73 Å². The second-order valence-corrected chi connectivity index (χ2v) is 4.77. The number of nitrogens with zero attached hydrogens (tertiary/aromatic N) is 2. The number of hydrogen-bond donors (Lipinski definition) is 1. The smallest absolute Gasteiger partial charge is 0.0995 e. The number of rotatable bonds is 5. The Morgan fingerprint density at radius 1 is 1.00 bits per heavy atom. The second kappa shape index (κ2) is 6.74. The molecular weight excluding hydrogens is 246 g/mol. The van der Waals surface area contributed by atoms with Crippen LogP contribution in [0.25, 0.3) is 0 Å². The molecule has 0 spiro atoms. The molecule has 3 nitrogen and oxygen atoms in total. The van der Waals surface area contributed by atoms with Gasteiger partial charge in [0.25, 0.3) is 0 Å². The first-order chi connectivity index (χ1) is 9.74. The number of nitrogens with two attached hydrogens (primary N) is 1. The van der Waals surface area contributed by atoms with Gasteiger partial charge in [0.1, 0.15) is 0 Å². The van der Waals surface area contributed by atoms with Gasteiger partial charge in [-0.15, -0.1) is 0 Å². The molecule has 0 aliphatic rings. The first-order valence-electron chi connectivity index (χ1n) is 6.78. The molecule has 0 aliphatic heterocycles. The molecule has 102 valence electrons. The van der Waals surface area contributed by atoms with E-state index in [-0.39, 0.29) is 0 Å². The Morgan fingerprint density at radius 2 is 1.60 bits per heavy atom. The number of anilines is 1. The van der Waals surface area contributed by atoms with Crippen molar-refractivity contribution < 1.29 is 0 Å². The standard InChI is InChI=1S/C17H19N3/c1-2-20(13-16-9-5-6-10-17(16)19)12-15-8-4-3-7-14(15)11-18/h3-10H,2,12-13,19H2,1H3. The van der Waals surface area contributed by atoms with Crippen LogP contribution in [0.1, 0.15) is 23.6 Å². The summed E-state index contributed by atoms with van der Waals surface area (Å²) < 4.78 is 0. The predicted molar refractivity (Wildman–Crippen MR) is 81.8 cm³/mol. The van der Waals surface area contributed by atoms with E-state index in [0.717, 1.165) is 42.0 Å². The number of nitrogen functional groups attached to an aromatic ring is 1. The van der Waals surface area contributed by atoms with Gasteiger partial charge in [-0.25, -0.2) is 0 Å². The van der Waals surface area contributed by atoms with E-state index in [1.54, 1.807) is 0 Å². The molecule has 0 unspecified atom stereocenters. The molecular formula is C17H19N3. The van der Waals surface area contributed by atoms with E-state index in [9.17, 15) is 0 Å². The lowest BCUT2D eigenvalue weighted by Crippen LogP contribution is -2.23. The van der Waals surface area contributed by atoms with E-state index in [0.29, 0.717) is 0 Å². The molecule has 0 atom stereocenters. The summed E-state index contributed by atoms with van der Waals surface area (Å²) >= 11 is 0. The fourth-order valence-corrected chi connectivity index (χ4v) is 2.21. The summed E-state index contributed by atoms with van der Waals surface area (Å²) in [5.74, 6) is 0. The minimum absolute atomic E-state index is 0.743. The minimum atomic E-state index is 0.743. The van der Waals surface area contributed by atoms with Gasteiger partial charge in [0.2, 0.25) is 0 Å². The minimum Gasteiger partial charge on any atom is -0.398 e. The van der Waals surface area contributed by atoms with E-state index in [1.165, 1.54) is 0 Å². The fourth-order valence-electron chi connectivity index (χ4n) is 2.21. The van der Waals surface area contributed by atoms with Crippen LogP contribution in [-0.4, -0.2) is 11.4 Å². The fraction of sp³-hybridized carbons (Fsp3) is 0.235. The molecule has 0 saturated heterocycles. The van der Waals surface area contributed by atoms with Crippen molar-refractivity contribution in [3.63, 3.8) is 0 Å². The molecule has 20 heavy (non-hydrogen) atoms. The summed E-state index contributed by atoms with van der Waals surface area (Å²) in [6.45, 7) is 4.58. The van der Waals surface area contributed by atoms with Gasteiger partial charge in [-0.1, -0.05) is 43.3 Å². The SMILES string of the molecule is CCN(Cc1ccccc1N)Cc1ccccc1C#N. The maximum Gasteiger partial charge on any atom is 0.0995 e. The normalized spacial score (nSPS) is 10.4. The van der Waals surface area contributed by atoms with Crippen LogP contribution in [0.15, 0.2) is 48.5 Å². The molecule has 2 rings (SSSR count). The Balaban J connectivity index is 2.14. The third kappa shape index (κ3) is 3.37. The molecule has 0 radical (unpaired) electrons. The summed E-state index contributed by atoms with van der Waals surface area (Å²) in [7, 11) is 0. The van der Waals surface area contributed by atoms with Crippen molar-refractivity contribution in [3.8, 4) is 6.07 Å². The number of hydrogen-bond acceptors (Lipinski definition) is 3. The zero-order chi connectivity index (χ0) is 14.4. The molecule has 0 fully saturated rings. The van der Waals surface area contributed by atoms with Gasteiger partial charge in [0.05, 0.1) is 11.6 Å². The first kappa shape index (κ1) is 14.1. The predicted octanol–water partition coefficient (Wildman–Crippen LogP) is 3.16. The largest absolute Gasteiger partial charge is 0.398 e. The second-order valence-electron chi connectivity index (χ2n) is 4.77. The summed E-state index contributed by atoms with van der Waals surface area (Å²) in [6.07, 6.45) is 0. The number of para-hydroxylation sites is 1. The van der Waals surface area contributed by atoms with Crippen LogP contribution >= 0.6 is 0 Å². The molecule has 0 bridgehead atoms. The van der Waals surface area contributed by atoms with E-state index < -0.39 is 0 Å². The van der Waals surface area contributed by atoms with Gasteiger partial charge in [0.15, 0.2) is 0 Å². The quantitative estimate of drug-likeness (QED) is 0.845. The Kier molecular flexibility index (Phi) is 4.75. The van der Waals surface area contributed by atoms with Crippen molar-refractivity contribution in [3.05, 3.63) is 65.2 Å². The molecule has 2 aromatic rings. The molecule has 0 saturated carbocycles. The van der Waals surface area contributed by atoms with Crippen LogP contribution in [0.2, 0.25) is 0 Å². The van der Waals surface area contributed by atoms with Crippen molar-refractivity contribution in [1.82, 2.24) is 4.90 Å². The van der Waals surface area contributed by atoms with E-state index in [1.807, 2.05) is 48.5 Å². The maximum absolute atomic E-state index is 9.15. The van der Waals surface area contributed by atoms with Gasteiger partial charge in [0, 0.05) is 18.8 Å². The molecule has 2 aromatic carbocycles. The molecule has 2 N–H and O–H groups in total. The molecule has 0 aliphatic carbocycles. The topological polar surface area (TPSA) is 53.0 Å². The number of benzene rings is 2. The van der Waals surface area contributed by atoms with Crippen LogP contribution in [0, 0.1) is 11.3 Å². The summed E-state index contributed by atoms with van der Waals surface area (Å²) in [5, 5.41) is 9.15. The molecule has 3 heteroatoms. The van der Waals surface area contributed by atoms with Crippen LogP contribution in [0.3, 0.4) is 0 Å².